The van der Waals surface area contributed by atoms with Crippen LogP contribution in [0, 0.1) is 5.92 Å². The van der Waals surface area contributed by atoms with Gasteiger partial charge in [-0.05, 0) is 73.6 Å². The molecule has 4 rings (SSSR count). The van der Waals surface area contributed by atoms with Gasteiger partial charge in [-0.2, -0.15) is 0 Å². The molecule has 7 nitrogen and oxygen atoms in total. The summed E-state index contributed by atoms with van der Waals surface area (Å²) in [6.07, 6.45) is 10.1. The van der Waals surface area contributed by atoms with Crippen LogP contribution in [-0.4, -0.2) is 44.6 Å². The summed E-state index contributed by atoms with van der Waals surface area (Å²) in [4.78, 5) is 14.9. The zero-order valence-electron chi connectivity index (χ0n) is 20.9. The summed E-state index contributed by atoms with van der Waals surface area (Å²) in [6.45, 7) is 2.86. The van der Waals surface area contributed by atoms with Crippen molar-refractivity contribution in [2.24, 2.45) is 5.92 Å². The van der Waals surface area contributed by atoms with E-state index in [2.05, 4.69) is 27.1 Å². The van der Waals surface area contributed by atoms with Crippen molar-refractivity contribution in [1.82, 2.24) is 10.2 Å². The molecular weight excluding hydrogens is 498 g/mol. The average Bonchev–Trinajstić information content (AvgIpc) is 2.82. The highest BCUT2D eigenvalue weighted by atomic mass is 35.5. The van der Waals surface area contributed by atoms with Crippen molar-refractivity contribution in [1.29, 1.82) is 0 Å². The number of nitrogens with zero attached hydrogens (tertiary/aromatic N) is 1. The number of rotatable bonds is 9. The summed E-state index contributed by atoms with van der Waals surface area (Å²) in [5.41, 5.74) is 1.73. The van der Waals surface area contributed by atoms with Gasteiger partial charge in [-0.25, -0.2) is 8.42 Å². The molecule has 1 heterocycles. The molecule has 198 valence electrons. The number of amides is 1. The highest BCUT2D eigenvalue weighted by molar-refractivity contribution is 7.92. The van der Waals surface area contributed by atoms with E-state index in [0.717, 1.165) is 44.5 Å². The Bertz CT molecular complexity index is 1060. The second kappa shape index (κ2) is 13.3. The lowest BCUT2D eigenvalue weighted by atomic mass is 9.86. The van der Waals surface area contributed by atoms with Crippen molar-refractivity contribution >= 4 is 34.0 Å². The molecule has 2 fully saturated rings. The van der Waals surface area contributed by atoms with Gasteiger partial charge in [-0.15, -0.1) is 12.4 Å². The zero-order valence-corrected chi connectivity index (χ0v) is 22.6. The van der Waals surface area contributed by atoms with Crippen LogP contribution in [0.5, 0.6) is 11.5 Å². The Morgan fingerprint density at radius 3 is 2.08 bits per heavy atom. The monoisotopic (exact) mass is 535 g/mol. The summed E-state index contributed by atoms with van der Waals surface area (Å²) in [7, 11) is -3.29. The lowest BCUT2D eigenvalue weighted by molar-refractivity contribution is -0.123. The van der Waals surface area contributed by atoms with Crippen molar-refractivity contribution in [2.75, 3.05) is 24.1 Å². The molecule has 0 aromatic heterocycles. The van der Waals surface area contributed by atoms with Crippen LogP contribution in [0.3, 0.4) is 0 Å². The van der Waals surface area contributed by atoms with E-state index in [1.165, 1.54) is 37.7 Å². The number of anilines is 1. The molecule has 2 aromatic carbocycles. The van der Waals surface area contributed by atoms with E-state index in [4.69, 9.17) is 4.74 Å². The molecule has 2 aromatic rings. The van der Waals surface area contributed by atoms with Gasteiger partial charge in [0.15, 0.2) is 0 Å². The van der Waals surface area contributed by atoms with Crippen LogP contribution >= 0.6 is 12.4 Å². The first-order chi connectivity index (χ1) is 16.8. The molecule has 1 saturated carbocycles. The molecule has 0 radical (unpaired) electrons. The van der Waals surface area contributed by atoms with Gasteiger partial charge in [0.05, 0.1) is 6.26 Å². The third-order valence-corrected chi connectivity index (χ3v) is 7.48. The first-order valence-corrected chi connectivity index (χ1v) is 14.6. The van der Waals surface area contributed by atoms with Crippen LogP contribution < -0.4 is 14.8 Å². The van der Waals surface area contributed by atoms with E-state index in [0.29, 0.717) is 29.8 Å². The average molecular weight is 536 g/mol. The summed E-state index contributed by atoms with van der Waals surface area (Å²) < 4.78 is 30.9. The maximum absolute atomic E-state index is 12.4. The van der Waals surface area contributed by atoms with Gasteiger partial charge in [-0.1, -0.05) is 31.4 Å². The predicted octanol–water partition coefficient (Wildman–Crippen LogP) is 5.32. The van der Waals surface area contributed by atoms with Crippen molar-refractivity contribution in [3.05, 3.63) is 54.1 Å². The lowest BCUT2D eigenvalue weighted by Gasteiger charge is -2.32. The minimum absolute atomic E-state index is 0. The Kier molecular flexibility index (Phi) is 10.5. The lowest BCUT2D eigenvalue weighted by Crippen LogP contribution is -2.44. The quantitative estimate of drug-likeness (QED) is 0.453. The van der Waals surface area contributed by atoms with Gasteiger partial charge in [0.1, 0.15) is 11.5 Å². The number of benzene rings is 2. The largest absolute Gasteiger partial charge is 0.457 e. The Labute approximate surface area is 221 Å². The van der Waals surface area contributed by atoms with Crippen LogP contribution in [0.1, 0.15) is 56.9 Å². The fourth-order valence-corrected chi connectivity index (χ4v) is 5.60. The normalized spacial score (nSPS) is 17.7. The maximum atomic E-state index is 12.4. The van der Waals surface area contributed by atoms with E-state index < -0.39 is 10.0 Å². The van der Waals surface area contributed by atoms with E-state index in [-0.39, 0.29) is 18.3 Å². The highest BCUT2D eigenvalue weighted by Crippen LogP contribution is 2.27. The van der Waals surface area contributed by atoms with Crippen molar-refractivity contribution in [3.8, 4) is 11.5 Å². The molecule has 2 N–H and O–H groups in total. The summed E-state index contributed by atoms with van der Waals surface area (Å²) in [5.74, 6) is 2.21. The minimum atomic E-state index is -3.29. The minimum Gasteiger partial charge on any atom is -0.457 e. The summed E-state index contributed by atoms with van der Waals surface area (Å²) in [6, 6.07) is 15.2. The number of nitrogens with one attached hydrogen (secondary N) is 2. The van der Waals surface area contributed by atoms with Crippen LogP contribution in [0.2, 0.25) is 0 Å². The van der Waals surface area contributed by atoms with Gasteiger partial charge < -0.3 is 10.1 Å². The maximum Gasteiger partial charge on any atom is 0.229 e. The number of ether oxygens (including phenoxy) is 1. The molecule has 36 heavy (non-hydrogen) atoms. The SMILES string of the molecule is CS(=O)(=O)Nc1ccc(Oc2ccc(CN3CCC(NC(=O)CC4CCCCC4)CC3)cc2)cc1.Cl. The first kappa shape index (κ1) is 28.3. The number of sulfonamides is 1. The number of hydrogen-bond donors (Lipinski definition) is 2. The molecule has 9 heteroatoms. The summed E-state index contributed by atoms with van der Waals surface area (Å²) in [5, 5.41) is 3.28. The number of halogens is 1. The molecule has 1 aliphatic carbocycles. The van der Waals surface area contributed by atoms with Gasteiger partial charge in [-0.3, -0.25) is 14.4 Å². The Hall–Kier alpha value is -2.29. The fraction of sp³-hybridized carbons (Fsp3) is 0.519. The molecule has 1 amide bonds. The summed E-state index contributed by atoms with van der Waals surface area (Å²) >= 11 is 0. The van der Waals surface area contributed by atoms with Crippen LogP contribution in [-0.2, 0) is 21.4 Å². The Balaban J connectivity index is 0.00000361. The van der Waals surface area contributed by atoms with Crippen LogP contribution in [0.25, 0.3) is 0 Å². The van der Waals surface area contributed by atoms with Gasteiger partial charge in [0, 0.05) is 37.8 Å². The molecule has 0 unspecified atom stereocenters. The number of carbonyl (C=O) groups excluding carboxylic acids is 1. The zero-order chi connectivity index (χ0) is 24.7. The third kappa shape index (κ3) is 9.30. The topological polar surface area (TPSA) is 87.7 Å². The molecule has 1 saturated heterocycles. The van der Waals surface area contributed by atoms with Crippen LogP contribution in [0.15, 0.2) is 48.5 Å². The second-order valence-corrected chi connectivity index (χ2v) is 11.7. The number of piperidine rings is 1. The number of likely N-dealkylation sites (tertiary alicyclic amines) is 1. The van der Waals surface area contributed by atoms with Crippen molar-refractivity contribution in [3.63, 3.8) is 0 Å². The molecule has 0 bridgehead atoms. The highest BCUT2D eigenvalue weighted by Gasteiger charge is 2.23. The molecule has 0 spiro atoms. The first-order valence-electron chi connectivity index (χ1n) is 12.7. The molecule has 2 aliphatic rings. The number of carbonyl (C=O) groups is 1. The van der Waals surface area contributed by atoms with Crippen LogP contribution in [0.4, 0.5) is 5.69 Å². The predicted molar refractivity (Wildman–Crippen MR) is 146 cm³/mol. The van der Waals surface area contributed by atoms with Gasteiger partial charge >= 0.3 is 0 Å². The smallest absolute Gasteiger partial charge is 0.229 e. The van der Waals surface area contributed by atoms with E-state index in [9.17, 15) is 13.2 Å². The molecule has 0 atom stereocenters. The van der Waals surface area contributed by atoms with E-state index in [1.54, 1.807) is 24.3 Å². The number of hydrogen-bond acceptors (Lipinski definition) is 5. The molecule has 1 aliphatic heterocycles. The Morgan fingerprint density at radius 2 is 1.50 bits per heavy atom. The van der Waals surface area contributed by atoms with Gasteiger partial charge in [0.25, 0.3) is 0 Å². The van der Waals surface area contributed by atoms with E-state index in [1.807, 2.05) is 12.1 Å². The Morgan fingerprint density at radius 1 is 0.917 bits per heavy atom. The van der Waals surface area contributed by atoms with Crippen molar-refractivity contribution < 1.29 is 17.9 Å². The second-order valence-electron chi connectivity index (χ2n) is 9.97. The van der Waals surface area contributed by atoms with Crippen molar-refractivity contribution in [2.45, 2.75) is 64.0 Å². The fourth-order valence-electron chi connectivity index (χ4n) is 5.04. The van der Waals surface area contributed by atoms with E-state index >= 15 is 0 Å². The van der Waals surface area contributed by atoms with Gasteiger partial charge in [0.2, 0.25) is 15.9 Å². The molecular formula is C27H38ClN3O4S. The standard InChI is InChI=1S/C27H37N3O4S.ClH/c1-35(32,33)29-24-9-13-26(14-10-24)34-25-11-7-22(8-12-25)20-30-17-15-23(16-18-30)28-27(31)19-21-5-3-2-4-6-21;/h7-14,21,23,29H,2-6,15-20H2,1H3,(H,28,31);1H. The third-order valence-electron chi connectivity index (χ3n) is 6.87.